The van der Waals surface area contributed by atoms with Crippen molar-refractivity contribution in [3.8, 4) is 0 Å². The van der Waals surface area contributed by atoms with Gasteiger partial charge in [-0.05, 0) is 18.4 Å². The van der Waals surface area contributed by atoms with Crippen LogP contribution in [-0.2, 0) is 0 Å². The van der Waals surface area contributed by atoms with Crippen LogP contribution in [0.25, 0.3) is 0 Å². The first-order valence-corrected chi connectivity index (χ1v) is 5.18. The molecule has 0 radical (unpaired) electrons. The predicted octanol–water partition coefficient (Wildman–Crippen LogP) is 4.03. The van der Waals surface area contributed by atoms with Crippen LogP contribution in [0.2, 0.25) is 0 Å². The summed E-state index contributed by atoms with van der Waals surface area (Å²) in [6, 6.07) is 0. The molecule has 2 aliphatic rings. The van der Waals surface area contributed by atoms with E-state index in [1.165, 1.54) is 18.4 Å². The molecule has 0 aliphatic heterocycles. The zero-order valence-electron chi connectivity index (χ0n) is 8.53. The molecule has 0 spiro atoms. The van der Waals surface area contributed by atoms with Gasteiger partial charge in [-0.1, -0.05) is 56.4 Å². The van der Waals surface area contributed by atoms with Crippen molar-refractivity contribution < 1.29 is 0 Å². The lowest BCUT2D eigenvalue weighted by Gasteiger charge is -2.13. The molecule has 0 N–H and O–H groups in total. The maximum atomic E-state index is 2.29. The maximum absolute atomic E-state index is 2.29. The van der Waals surface area contributed by atoms with Crippen molar-refractivity contribution >= 4 is 0 Å². The summed E-state index contributed by atoms with van der Waals surface area (Å²) in [7, 11) is 0. The minimum atomic E-state index is 0.676. The molecule has 0 aromatic rings. The Morgan fingerprint density at radius 3 is 2.85 bits per heavy atom. The molecule has 70 valence electrons. The molecule has 2 aliphatic carbocycles. The highest BCUT2D eigenvalue weighted by Gasteiger charge is 2.10. The Hall–Kier alpha value is -1.04. The average molecular weight is 174 g/mol. The highest BCUT2D eigenvalue weighted by Crippen LogP contribution is 2.25. The van der Waals surface area contributed by atoms with Crippen LogP contribution < -0.4 is 0 Å². The van der Waals surface area contributed by atoms with Gasteiger partial charge >= 0.3 is 0 Å². The molecule has 0 fully saturated rings. The number of fused-ring (bicyclic) bond motifs is 1. The Morgan fingerprint density at radius 1 is 1.15 bits per heavy atom. The lowest BCUT2D eigenvalue weighted by Crippen LogP contribution is -1.99. The van der Waals surface area contributed by atoms with Crippen LogP contribution in [-0.4, -0.2) is 0 Å². The van der Waals surface area contributed by atoms with Crippen LogP contribution in [0.5, 0.6) is 0 Å². The van der Waals surface area contributed by atoms with Gasteiger partial charge in [0.15, 0.2) is 0 Å². The van der Waals surface area contributed by atoms with Crippen LogP contribution in [0, 0.1) is 5.92 Å². The first-order chi connectivity index (χ1) is 6.47. The quantitative estimate of drug-likeness (QED) is 0.520. The average Bonchev–Trinajstić information content (AvgIpc) is 2.45. The molecule has 0 nitrogen and oxygen atoms in total. The topological polar surface area (TPSA) is 0 Å². The molecule has 0 aromatic carbocycles. The van der Waals surface area contributed by atoms with Gasteiger partial charge in [-0.25, -0.2) is 0 Å². The van der Waals surface area contributed by atoms with E-state index < -0.39 is 0 Å². The Kier molecular flexibility index (Phi) is 4.31. The summed E-state index contributed by atoms with van der Waals surface area (Å²) in [6.07, 6.45) is 17.9. The molecule has 0 saturated carbocycles. The predicted molar refractivity (Wildman–Crippen MR) is 59.6 cm³/mol. The smallest absolute Gasteiger partial charge is 0.00240 e. The van der Waals surface area contributed by atoms with E-state index in [4.69, 9.17) is 0 Å². The largest absolute Gasteiger partial charge is 0.0845 e. The van der Waals surface area contributed by atoms with Crippen molar-refractivity contribution in [3.05, 3.63) is 48.1 Å². The van der Waals surface area contributed by atoms with Gasteiger partial charge in [-0.3, -0.25) is 0 Å². The lowest BCUT2D eigenvalue weighted by molar-refractivity contribution is 0.699. The van der Waals surface area contributed by atoms with Crippen LogP contribution in [0.3, 0.4) is 0 Å². The summed E-state index contributed by atoms with van der Waals surface area (Å²) in [5.41, 5.74) is 1.46. The Balaban J connectivity index is 0.000000396. The van der Waals surface area contributed by atoms with E-state index in [0.717, 1.165) is 0 Å². The van der Waals surface area contributed by atoms with Crippen molar-refractivity contribution in [1.29, 1.82) is 0 Å². The zero-order chi connectivity index (χ0) is 9.52. The SMILES string of the molecule is C1=CCCC2C=CC=CC2=C1.CC. The third kappa shape index (κ3) is 2.73. The molecule has 0 heterocycles. The zero-order valence-corrected chi connectivity index (χ0v) is 8.53. The molecule has 1 unspecified atom stereocenters. The highest BCUT2D eigenvalue weighted by atomic mass is 14.1. The second kappa shape index (κ2) is 5.58. The first kappa shape index (κ1) is 10.0. The molecule has 1 atom stereocenters. The number of hydrogen-bond donors (Lipinski definition) is 0. The van der Waals surface area contributed by atoms with Gasteiger partial charge in [0.1, 0.15) is 0 Å². The summed E-state index contributed by atoms with van der Waals surface area (Å²) in [6.45, 7) is 4.00. The fourth-order valence-corrected chi connectivity index (χ4v) is 1.59. The molecule has 0 saturated heterocycles. The van der Waals surface area contributed by atoms with Crippen molar-refractivity contribution in [3.63, 3.8) is 0 Å². The second-order valence-corrected chi connectivity index (χ2v) is 3.02. The standard InChI is InChI=1S/C11H12.C2H6/c1-2-6-10-8-4-5-9-11(10)7-3-1;1-2/h1-2,4-6,8-9,11H,3,7H2;1-2H3. The van der Waals surface area contributed by atoms with E-state index in [1.54, 1.807) is 0 Å². The molecule has 0 heteroatoms. The number of hydrogen-bond acceptors (Lipinski definition) is 0. The molecule has 13 heavy (non-hydrogen) atoms. The van der Waals surface area contributed by atoms with E-state index in [-0.39, 0.29) is 0 Å². The van der Waals surface area contributed by atoms with Gasteiger partial charge in [-0.2, -0.15) is 0 Å². The second-order valence-electron chi connectivity index (χ2n) is 3.02. The Bertz CT molecular complexity index is 251. The fraction of sp³-hybridized carbons (Fsp3) is 0.385. The Labute approximate surface area is 81.4 Å². The van der Waals surface area contributed by atoms with Crippen molar-refractivity contribution in [2.45, 2.75) is 26.7 Å². The summed E-state index contributed by atoms with van der Waals surface area (Å²) >= 11 is 0. The van der Waals surface area contributed by atoms with E-state index in [0.29, 0.717) is 5.92 Å². The molecule has 0 aromatic heterocycles. The van der Waals surface area contributed by atoms with E-state index in [9.17, 15) is 0 Å². The van der Waals surface area contributed by atoms with Gasteiger partial charge in [0.2, 0.25) is 0 Å². The molecule has 2 rings (SSSR count). The van der Waals surface area contributed by atoms with Crippen molar-refractivity contribution in [2.75, 3.05) is 0 Å². The van der Waals surface area contributed by atoms with E-state index in [1.807, 2.05) is 13.8 Å². The fourth-order valence-electron chi connectivity index (χ4n) is 1.59. The van der Waals surface area contributed by atoms with Crippen LogP contribution in [0.15, 0.2) is 48.1 Å². The van der Waals surface area contributed by atoms with Crippen LogP contribution in [0.1, 0.15) is 26.7 Å². The minimum absolute atomic E-state index is 0.676. The normalized spacial score (nSPS) is 23.8. The van der Waals surface area contributed by atoms with Gasteiger partial charge in [0, 0.05) is 5.92 Å². The summed E-state index contributed by atoms with van der Waals surface area (Å²) in [5, 5.41) is 0. The third-order valence-electron chi connectivity index (χ3n) is 2.24. The van der Waals surface area contributed by atoms with Crippen LogP contribution >= 0.6 is 0 Å². The Morgan fingerprint density at radius 2 is 2.00 bits per heavy atom. The van der Waals surface area contributed by atoms with Crippen molar-refractivity contribution in [2.24, 2.45) is 5.92 Å². The van der Waals surface area contributed by atoms with Crippen molar-refractivity contribution in [1.82, 2.24) is 0 Å². The molecule has 0 bridgehead atoms. The van der Waals surface area contributed by atoms with E-state index >= 15 is 0 Å². The summed E-state index contributed by atoms with van der Waals surface area (Å²) in [5.74, 6) is 0.676. The number of allylic oxidation sites excluding steroid dienone is 8. The van der Waals surface area contributed by atoms with Gasteiger partial charge in [0.25, 0.3) is 0 Å². The van der Waals surface area contributed by atoms with Gasteiger partial charge < -0.3 is 0 Å². The summed E-state index contributed by atoms with van der Waals surface area (Å²) in [4.78, 5) is 0. The van der Waals surface area contributed by atoms with E-state index in [2.05, 4.69) is 42.5 Å². The minimum Gasteiger partial charge on any atom is -0.0845 e. The number of rotatable bonds is 0. The molecular formula is C13H18. The lowest BCUT2D eigenvalue weighted by atomic mass is 9.91. The van der Waals surface area contributed by atoms with Gasteiger partial charge in [0.05, 0.1) is 0 Å². The maximum Gasteiger partial charge on any atom is 0.00240 e. The van der Waals surface area contributed by atoms with Gasteiger partial charge in [-0.15, -0.1) is 0 Å². The summed E-state index contributed by atoms with van der Waals surface area (Å²) < 4.78 is 0. The monoisotopic (exact) mass is 174 g/mol. The highest BCUT2D eigenvalue weighted by molar-refractivity contribution is 5.36. The van der Waals surface area contributed by atoms with Crippen LogP contribution in [0.4, 0.5) is 0 Å². The first-order valence-electron chi connectivity index (χ1n) is 5.18. The third-order valence-corrected chi connectivity index (χ3v) is 2.24. The molecular weight excluding hydrogens is 156 g/mol. The molecule has 0 amide bonds.